The number of aromatic nitrogens is 2. The highest BCUT2D eigenvalue weighted by Gasteiger charge is 2.18. The van der Waals surface area contributed by atoms with Gasteiger partial charge in [-0.15, -0.1) is 11.3 Å². The molecular formula is C10H10ClN3O2S2. The largest absolute Gasteiger partial charge is 0.272 e. The predicted octanol–water partition coefficient (Wildman–Crippen LogP) is 2.55. The molecule has 0 aliphatic heterocycles. The number of rotatable bonds is 4. The van der Waals surface area contributed by atoms with Crippen LogP contribution in [-0.4, -0.2) is 18.4 Å². The molecule has 96 valence electrons. The van der Waals surface area contributed by atoms with E-state index in [4.69, 9.17) is 11.6 Å². The van der Waals surface area contributed by atoms with E-state index in [0.717, 1.165) is 11.3 Å². The van der Waals surface area contributed by atoms with Crippen molar-refractivity contribution in [3.8, 4) is 0 Å². The van der Waals surface area contributed by atoms with Gasteiger partial charge in [0.15, 0.2) is 11.0 Å². The maximum atomic E-state index is 12.1. The summed E-state index contributed by atoms with van der Waals surface area (Å²) in [4.78, 5) is 8.59. The van der Waals surface area contributed by atoms with Crippen molar-refractivity contribution < 1.29 is 8.42 Å². The Morgan fingerprint density at radius 3 is 2.67 bits per heavy atom. The summed E-state index contributed by atoms with van der Waals surface area (Å²) in [5.41, 5.74) is 0. The third-order valence-electron chi connectivity index (χ3n) is 2.13. The molecule has 8 heteroatoms. The fraction of sp³-hybridized carbons (Fsp3) is 0.200. The van der Waals surface area contributed by atoms with E-state index >= 15 is 0 Å². The van der Waals surface area contributed by atoms with Crippen LogP contribution >= 0.6 is 22.9 Å². The number of nitrogens with one attached hydrogen (secondary N) is 1. The molecule has 0 spiro atoms. The summed E-state index contributed by atoms with van der Waals surface area (Å²) in [7, 11) is -3.64. The summed E-state index contributed by atoms with van der Waals surface area (Å²) < 4.78 is 26.7. The maximum absolute atomic E-state index is 12.1. The van der Waals surface area contributed by atoms with Gasteiger partial charge in [0.25, 0.3) is 10.0 Å². The Bertz CT molecular complexity index is 655. The number of aryl methyl sites for hydroxylation is 1. The summed E-state index contributed by atoms with van der Waals surface area (Å²) in [6.45, 7) is 1.97. The molecule has 0 saturated heterocycles. The zero-order valence-corrected chi connectivity index (χ0v) is 11.8. The molecule has 2 aromatic rings. The van der Waals surface area contributed by atoms with Crippen LogP contribution < -0.4 is 4.72 Å². The minimum Gasteiger partial charge on any atom is -0.260 e. The molecule has 0 amide bonds. The van der Waals surface area contributed by atoms with Crippen LogP contribution in [0.4, 0.5) is 5.82 Å². The summed E-state index contributed by atoms with van der Waals surface area (Å²) in [6, 6.07) is 3.35. The lowest BCUT2D eigenvalue weighted by molar-refractivity contribution is 0.603. The Balaban J connectivity index is 2.30. The van der Waals surface area contributed by atoms with E-state index in [0.29, 0.717) is 0 Å². The standard InChI is InChI=1S/C10H10ClN3O2S2/c1-2-7-3-4-8(17-7)18(15,16)14-10-9(11)12-5-6-13-10/h3-6H,2H2,1H3,(H,13,14). The molecule has 2 aromatic heterocycles. The van der Waals surface area contributed by atoms with Gasteiger partial charge in [0.2, 0.25) is 0 Å². The number of nitrogens with zero attached hydrogens (tertiary/aromatic N) is 2. The van der Waals surface area contributed by atoms with Gasteiger partial charge in [-0.3, -0.25) is 4.72 Å². The Hall–Kier alpha value is -1.18. The van der Waals surface area contributed by atoms with E-state index in [9.17, 15) is 8.42 Å². The van der Waals surface area contributed by atoms with Crippen molar-refractivity contribution in [3.05, 3.63) is 34.6 Å². The van der Waals surface area contributed by atoms with Gasteiger partial charge in [-0.1, -0.05) is 18.5 Å². The number of hydrogen-bond donors (Lipinski definition) is 1. The van der Waals surface area contributed by atoms with Gasteiger partial charge in [-0.25, -0.2) is 18.4 Å². The molecule has 0 atom stereocenters. The Morgan fingerprint density at radius 2 is 2.06 bits per heavy atom. The van der Waals surface area contributed by atoms with Crippen LogP contribution in [0.2, 0.25) is 5.15 Å². The quantitative estimate of drug-likeness (QED) is 0.942. The fourth-order valence-electron chi connectivity index (χ4n) is 1.26. The van der Waals surface area contributed by atoms with Crippen LogP contribution in [0.3, 0.4) is 0 Å². The van der Waals surface area contributed by atoms with Gasteiger partial charge in [0.1, 0.15) is 4.21 Å². The van der Waals surface area contributed by atoms with E-state index in [1.54, 1.807) is 12.1 Å². The van der Waals surface area contributed by atoms with Gasteiger partial charge < -0.3 is 0 Å². The number of sulfonamides is 1. The molecule has 0 aliphatic rings. The normalized spacial score (nSPS) is 11.4. The van der Waals surface area contributed by atoms with Gasteiger partial charge in [-0.2, -0.15) is 0 Å². The second kappa shape index (κ2) is 5.21. The average molecular weight is 304 g/mol. The molecule has 2 rings (SSSR count). The topological polar surface area (TPSA) is 72.0 Å². The zero-order chi connectivity index (χ0) is 13.2. The highest BCUT2D eigenvalue weighted by Crippen LogP contribution is 2.25. The number of thiophene rings is 1. The maximum Gasteiger partial charge on any atom is 0.272 e. The molecule has 5 nitrogen and oxygen atoms in total. The average Bonchev–Trinajstić information content (AvgIpc) is 2.81. The van der Waals surface area contributed by atoms with Gasteiger partial charge in [0.05, 0.1) is 0 Å². The van der Waals surface area contributed by atoms with E-state index in [2.05, 4.69) is 14.7 Å². The monoisotopic (exact) mass is 303 g/mol. The van der Waals surface area contributed by atoms with Crippen molar-refractivity contribution in [1.82, 2.24) is 9.97 Å². The fourth-order valence-corrected chi connectivity index (χ4v) is 3.78. The molecule has 18 heavy (non-hydrogen) atoms. The first-order valence-electron chi connectivity index (χ1n) is 5.11. The third-order valence-corrected chi connectivity index (χ3v) is 5.47. The van der Waals surface area contributed by atoms with Gasteiger partial charge >= 0.3 is 0 Å². The number of halogens is 1. The first-order chi connectivity index (χ1) is 8.53. The Morgan fingerprint density at radius 1 is 1.33 bits per heavy atom. The molecule has 0 fully saturated rings. The second-order valence-electron chi connectivity index (χ2n) is 3.38. The molecule has 0 saturated carbocycles. The summed E-state index contributed by atoms with van der Waals surface area (Å²) in [5, 5.41) is 0.0216. The van der Waals surface area contributed by atoms with Crippen LogP contribution in [0.1, 0.15) is 11.8 Å². The molecule has 0 bridgehead atoms. The Labute approximate surface area is 114 Å². The van der Waals surface area contributed by atoms with E-state index in [-0.39, 0.29) is 15.2 Å². The zero-order valence-electron chi connectivity index (χ0n) is 9.42. The lowest BCUT2D eigenvalue weighted by Crippen LogP contribution is -2.13. The number of anilines is 1. The van der Waals surface area contributed by atoms with Crippen molar-refractivity contribution in [2.45, 2.75) is 17.6 Å². The first-order valence-corrected chi connectivity index (χ1v) is 7.78. The molecule has 0 radical (unpaired) electrons. The summed E-state index contributed by atoms with van der Waals surface area (Å²) in [6.07, 6.45) is 3.56. The molecule has 0 aliphatic carbocycles. The van der Waals surface area contributed by atoms with E-state index in [1.807, 2.05) is 6.92 Å². The lowest BCUT2D eigenvalue weighted by Gasteiger charge is -2.05. The Kier molecular flexibility index (Phi) is 3.84. The van der Waals surface area contributed by atoms with Crippen LogP contribution in [-0.2, 0) is 16.4 Å². The highest BCUT2D eigenvalue weighted by molar-refractivity contribution is 7.94. The van der Waals surface area contributed by atoms with Gasteiger partial charge in [0, 0.05) is 17.3 Å². The third kappa shape index (κ3) is 2.80. The van der Waals surface area contributed by atoms with Gasteiger partial charge in [-0.05, 0) is 18.6 Å². The van der Waals surface area contributed by atoms with Crippen molar-refractivity contribution in [3.63, 3.8) is 0 Å². The number of hydrogen-bond acceptors (Lipinski definition) is 5. The van der Waals surface area contributed by atoms with Crippen molar-refractivity contribution >= 4 is 38.8 Å². The van der Waals surface area contributed by atoms with Crippen LogP contribution in [0, 0.1) is 0 Å². The van der Waals surface area contributed by atoms with Crippen molar-refractivity contribution in [1.29, 1.82) is 0 Å². The smallest absolute Gasteiger partial charge is 0.260 e. The van der Waals surface area contributed by atoms with Crippen molar-refractivity contribution in [2.75, 3.05) is 4.72 Å². The predicted molar refractivity (Wildman–Crippen MR) is 71.5 cm³/mol. The summed E-state index contributed by atoms with van der Waals surface area (Å²) >= 11 is 6.98. The van der Waals surface area contributed by atoms with E-state index < -0.39 is 10.0 Å². The minimum absolute atomic E-state index is 0.0216. The van der Waals surface area contributed by atoms with E-state index in [1.165, 1.54) is 23.7 Å². The SMILES string of the molecule is CCc1ccc(S(=O)(=O)Nc2nccnc2Cl)s1. The molecule has 0 unspecified atom stereocenters. The van der Waals surface area contributed by atoms with Crippen LogP contribution in [0.15, 0.2) is 28.7 Å². The molecule has 2 heterocycles. The molecular weight excluding hydrogens is 294 g/mol. The molecule has 0 aromatic carbocycles. The lowest BCUT2D eigenvalue weighted by atomic mass is 10.4. The highest BCUT2D eigenvalue weighted by atomic mass is 35.5. The summed E-state index contributed by atoms with van der Waals surface area (Å²) in [5.74, 6) is 0.0330. The van der Waals surface area contributed by atoms with Crippen molar-refractivity contribution in [2.24, 2.45) is 0 Å². The second-order valence-corrected chi connectivity index (χ2v) is 6.81. The molecule has 1 N–H and O–H groups in total. The van der Waals surface area contributed by atoms with Crippen LogP contribution in [0.25, 0.3) is 0 Å². The first kappa shape index (κ1) is 13.3. The van der Waals surface area contributed by atoms with Crippen LogP contribution in [0.5, 0.6) is 0 Å². The minimum atomic E-state index is -3.64.